The molecular weight excluding hydrogens is 388 g/mol. The lowest BCUT2D eigenvalue weighted by molar-refractivity contribution is -0.184. The third-order valence-electron chi connectivity index (χ3n) is 5.65. The summed E-state index contributed by atoms with van der Waals surface area (Å²) in [7, 11) is 0. The predicted octanol–water partition coefficient (Wildman–Crippen LogP) is 3.68. The van der Waals surface area contributed by atoms with Crippen molar-refractivity contribution in [2.45, 2.75) is 77.3 Å². The number of hydrogen-bond donors (Lipinski definition) is 1. The molecule has 0 bridgehead atoms. The normalized spacial score (nSPS) is 25.0. The number of piperazine rings is 1. The van der Waals surface area contributed by atoms with Crippen LogP contribution in [0.2, 0.25) is 0 Å². The molecule has 1 saturated carbocycles. The third kappa shape index (κ3) is 7.80. The van der Waals surface area contributed by atoms with Gasteiger partial charge in [-0.3, -0.25) is 4.90 Å². The fourth-order valence-electron chi connectivity index (χ4n) is 4.25. The molecule has 0 radical (unpaired) electrons. The van der Waals surface area contributed by atoms with Crippen LogP contribution in [0.15, 0.2) is 24.3 Å². The Morgan fingerprint density at radius 3 is 2.32 bits per heavy atom. The number of β-amino-alcohol motifs (C(OH)–C–C–N with tert-alkyl or cyclic N) is 1. The number of benzene rings is 1. The highest BCUT2D eigenvalue weighted by Gasteiger charge is 2.45. The zero-order chi connectivity index (χ0) is 22.7. The van der Waals surface area contributed by atoms with Gasteiger partial charge in [-0.05, 0) is 59.7 Å². The van der Waals surface area contributed by atoms with Crippen molar-refractivity contribution in [3.8, 4) is 11.8 Å². The average Bonchev–Trinajstić information content (AvgIpc) is 2.63. The smallest absolute Gasteiger partial charge is 0.108 e. The van der Waals surface area contributed by atoms with E-state index in [0.29, 0.717) is 6.61 Å². The fourth-order valence-corrected chi connectivity index (χ4v) is 4.25. The first-order valence-electron chi connectivity index (χ1n) is 11.5. The van der Waals surface area contributed by atoms with Gasteiger partial charge in [0.15, 0.2) is 0 Å². The molecule has 1 aliphatic carbocycles. The van der Waals surface area contributed by atoms with Gasteiger partial charge in [-0.15, -0.1) is 0 Å². The Labute approximate surface area is 188 Å². The van der Waals surface area contributed by atoms with Gasteiger partial charge in [-0.1, -0.05) is 17.9 Å². The molecule has 5 heteroatoms. The zero-order valence-electron chi connectivity index (χ0n) is 20.2. The van der Waals surface area contributed by atoms with Gasteiger partial charge in [-0.2, -0.15) is 0 Å². The van der Waals surface area contributed by atoms with E-state index in [2.05, 4.69) is 60.6 Å². The molecule has 3 rings (SSSR count). The maximum Gasteiger partial charge on any atom is 0.108 e. The molecule has 1 aromatic rings. The lowest BCUT2D eigenvalue weighted by Crippen LogP contribution is -2.59. The molecule has 2 aliphatic rings. The molecule has 1 aromatic carbocycles. The van der Waals surface area contributed by atoms with Gasteiger partial charge >= 0.3 is 0 Å². The van der Waals surface area contributed by atoms with Gasteiger partial charge in [0.1, 0.15) is 6.61 Å². The summed E-state index contributed by atoms with van der Waals surface area (Å²) in [5.74, 6) is 6.33. The standard InChI is InChI=1S/C26H40N2O3/c1-24(2,3)30-16-8-10-21-9-7-11-22(17-21)28-14-12-27(13-15-28)20-26(29)18-23(19-26)31-25(4,5)6/h7,9,11,17,23,29H,12-16,18-20H2,1-6H3. The highest BCUT2D eigenvalue weighted by atomic mass is 16.5. The molecule has 172 valence electrons. The van der Waals surface area contributed by atoms with E-state index < -0.39 is 5.60 Å². The minimum atomic E-state index is -0.595. The van der Waals surface area contributed by atoms with Gasteiger partial charge in [0, 0.05) is 56.8 Å². The molecular formula is C26H40N2O3. The molecule has 0 unspecified atom stereocenters. The van der Waals surface area contributed by atoms with Gasteiger partial charge in [0.25, 0.3) is 0 Å². The van der Waals surface area contributed by atoms with E-state index in [9.17, 15) is 5.11 Å². The number of ether oxygens (including phenoxy) is 2. The van der Waals surface area contributed by atoms with Crippen molar-refractivity contribution < 1.29 is 14.6 Å². The van der Waals surface area contributed by atoms with Crippen LogP contribution in [-0.2, 0) is 9.47 Å². The van der Waals surface area contributed by atoms with Crippen LogP contribution in [0, 0.1) is 11.8 Å². The van der Waals surface area contributed by atoms with Crippen molar-refractivity contribution >= 4 is 5.69 Å². The second-order valence-corrected chi connectivity index (χ2v) is 11.0. The van der Waals surface area contributed by atoms with E-state index in [1.54, 1.807) is 0 Å². The van der Waals surface area contributed by atoms with Crippen molar-refractivity contribution in [2.75, 3.05) is 44.2 Å². The van der Waals surface area contributed by atoms with Crippen molar-refractivity contribution in [1.29, 1.82) is 0 Å². The van der Waals surface area contributed by atoms with E-state index in [1.807, 2.05) is 26.8 Å². The summed E-state index contributed by atoms with van der Waals surface area (Å²) in [6, 6.07) is 8.43. The first-order valence-corrected chi connectivity index (χ1v) is 11.5. The Balaban J connectivity index is 1.45. The molecule has 2 fully saturated rings. The Hall–Kier alpha value is -1.58. The summed E-state index contributed by atoms with van der Waals surface area (Å²) in [6.07, 6.45) is 1.66. The monoisotopic (exact) mass is 428 g/mol. The molecule has 0 atom stereocenters. The highest BCUT2D eigenvalue weighted by molar-refractivity contribution is 5.53. The van der Waals surface area contributed by atoms with Crippen molar-refractivity contribution in [3.63, 3.8) is 0 Å². The number of anilines is 1. The molecule has 1 saturated heterocycles. The van der Waals surface area contributed by atoms with Crippen molar-refractivity contribution in [3.05, 3.63) is 29.8 Å². The van der Waals surface area contributed by atoms with E-state index in [-0.39, 0.29) is 17.3 Å². The molecule has 31 heavy (non-hydrogen) atoms. The van der Waals surface area contributed by atoms with Crippen LogP contribution in [0.5, 0.6) is 0 Å². The molecule has 0 spiro atoms. The predicted molar refractivity (Wildman–Crippen MR) is 126 cm³/mol. The van der Waals surface area contributed by atoms with Crippen LogP contribution in [0.25, 0.3) is 0 Å². The minimum absolute atomic E-state index is 0.143. The Bertz CT molecular complexity index is 783. The summed E-state index contributed by atoms with van der Waals surface area (Å²) in [5.41, 5.74) is 1.33. The quantitative estimate of drug-likeness (QED) is 0.725. The van der Waals surface area contributed by atoms with Gasteiger partial charge in [0.05, 0.1) is 22.9 Å². The minimum Gasteiger partial charge on any atom is -0.388 e. The second kappa shape index (κ2) is 9.50. The number of rotatable bonds is 5. The lowest BCUT2D eigenvalue weighted by Gasteiger charge is -2.49. The number of hydrogen-bond acceptors (Lipinski definition) is 5. The average molecular weight is 429 g/mol. The van der Waals surface area contributed by atoms with E-state index in [1.165, 1.54) is 5.69 Å². The van der Waals surface area contributed by atoms with Gasteiger partial charge in [-0.25, -0.2) is 0 Å². The topological polar surface area (TPSA) is 45.2 Å². The maximum atomic E-state index is 10.8. The molecule has 0 amide bonds. The maximum absolute atomic E-state index is 10.8. The van der Waals surface area contributed by atoms with Crippen LogP contribution in [0.4, 0.5) is 5.69 Å². The SMILES string of the molecule is CC(C)(C)OCC#Cc1cccc(N2CCN(CC3(O)CC(OC(C)(C)C)C3)CC2)c1. The van der Waals surface area contributed by atoms with Crippen LogP contribution in [0.3, 0.4) is 0 Å². The van der Waals surface area contributed by atoms with E-state index in [4.69, 9.17) is 9.47 Å². The highest BCUT2D eigenvalue weighted by Crippen LogP contribution is 2.37. The number of nitrogens with zero attached hydrogens (tertiary/aromatic N) is 2. The molecule has 5 nitrogen and oxygen atoms in total. The van der Waals surface area contributed by atoms with E-state index in [0.717, 1.165) is 51.1 Å². The molecule has 0 aromatic heterocycles. The van der Waals surface area contributed by atoms with Crippen LogP contribution in [-0.4, -0.2) is 72.2 Å². The first-order chi connectivity index (χ1) is 14.4. The van der Waals surface area contributed by atoms with E-state index >= 15 is 0 Å². The second-order valence-electron chi connectivity index (χ2n) is 11.0. The summed E-state index contributed by atoms with van der Waals surface area (Å²) in [6.45, 7) is 17.4. The summed E-state index contributed by atoms with van der Waals surface area (Å²) >= 11 is 0. The van der Waals surface area contributed by atoms with Gasteiger partial charge in [0.2, 0.25) is 0 Å². The van der Waals surface area contributed by atoms with Crippen LogP contribution in [0.1, 0.15) is 59.9 Å². The summed E-state index contributed by atoms with van der Waals surface area (Å²) in [4.78, 5) is 4.79. The first kappa shape index (κ1) is 24.1. The Morgan fingerprint density at radius 2 is 1.71 bits per heavy atom. The Kier molecular flexibility index (Phi) is 7.38. The van der Waals surface area contributed by atoms with Crippen molar-refractivity contribution in [2.24, 2.45) is 0 Å². The number of aliphatic hydroxyl groups is 1. The third-order valence-corrected chi connectivity index (χ3v) is 5.65. The summed E-state index contributed by atoms with van der Waals surface area (Å²) in [5, 5.41) is 10.8. The van der Waals surface area contributed by atoms with Crippen LogP contribution < -0.4 is 4.90 Å². The fraction of sp³-hybridized carbons (Fsp3) is 0.692. The van der Waals surface area contributed by atoms with Crippen LogP contribution >= 0.6 is 0 Å². The largest absolute Gasteiger partial charge is 0.388 e. The van der Waals surface area contributed by atoms with Gasteiger partial charge < -0.3 is 19.5 Å². The summed E-state index contributed by atoms with van der Waals surface area (Å²) < 4.78 is 11.7. The lowest BCUT2D eigenvalue weighted by atomic mass is 9.76. The molecule has 1 heterocycles. The Morgan fingerprint density at radius 1 is 1.03 bits per heavy atom. The zero-order valence-corrected chi connectivity index (χ0v) is 20.2. The molecule has 1 aliphatic heterocycles. The molecule has 1 N–H and O–H groups in total. The van der Waals surface area contributed by atoms with Crippen molar-refractivity contribution in [1.82, 2.24) is 4.90 Å².